The second kappa shape index (κ2) is 10.7. The van der Waals surface area contributed by atoms with Gasteiger partial charge in [0.15, 0.2) is 4.93 Å². The highest BCUT2D eigenvalue weighted by Gasteiger charge is 2.38. The van der Waals surface area contributed by atoms with E-state index in [2.05, 4.69) is 6.92 Å². The number of hydrogen-bond donors (Lipinski definition) is 1. The average Bonchev–Trinajstić information content (AvgIpc) is 2.55. The van der Waals surface area contributed by atoms with Crippen molar-refractivity contribution in [2.45, 2.75) is 63.7 Å². The minimum absolute atomic E-state index is 0.0982. The topological polar surface area (TPSA) is 72.8 Å². The molecule has 24 heavy (non-hydrogen) atoms. The van der Waals surface area contributed by atoms with Crippen LogP contribution in [0, 0.1) is 0 Å². The molecule has 0 fully saturated rings. The third-order valence-electron chi connectivity index (χ3n) is 4.03. The van der Waals surface area contributed by atoms with E-state index in [9.17, 15) is 13.0 Å². The summed E-state index contributed by atoms with van der Waals surface area (Å²) < 4.78 is 43.8. The summed E-state index contributed by atoms with van der Waals surface area (Å²) in [5, 5.41) is 0. The predicted molar refractivity (Wildman–Crippen MR) is 95.8 cm³/mol. The second-order valence-electron chi connectivity index (χ2n) is 6.14. The Labute approximate surface area is 146 Å². The third kappa shape index (κ3) is 7.64. The zero-order valence-electron chi connectivity index (χ0n) is 14.7. The fourth-order valence-corrected chi connectivity index (χ4v) is 3.07. The maximum Gasteiger partial charge on any atom is 0.294 e. The summed E-state index contributed by atoms with van der Waals surface area (Å²) >= 11 is 0. The molecule has 0 aliphatic carbocycles. The average molecular weight is 359 g/mol. The van der Waals surface area contributed by atoms with Crippen LogP contribution in [0.25, 0.3) is 0 Å². The lowest BCUT2D eigenvalue weighted by molar-refractivity contribution is 0.00226. The molecule has 1 unspecified atom stereocenters. The van der Waals surface area contributed by atoms with Gasteiger partial charge < -0.3 is 9.47 Å². The number of unbranched alkanes of at least 4 members (excludes halogenated alkanes) is 5. The Morgan fingerprint density at radius 2 is 1.62 bits per heavy atom. The van der Waals surface area contributed by atoms with Crippen molar-refractivity contribution in [2.75, 3.05) is 13.2 Å². The maximum absolute atomic E-state index is 11.7. The standard InChI is InChI=1S/C18H30O5S/c1-3-4-5-6-7-11-14-18(2,24(19,20)21)23-16-15-22-17-12-9-8-10-13-17/h8-10,12-13H,3-7,11,14-16H2,1-2H3,(H,19,20,21). The van der Waals surface area contributed by atoms with E-state index in [1.54, 1.807) is 0 Å². The van der Waals surface area contributed by atoms with Crippen molar-refractivity contribution < 1.29 is 22.4 Å². The van der Waals surface area contributed by atoms with Crippen LogP contribution in [0.4, 0.5) is 0 Å². The van der Waals surface area contributed by atoms with Gasteiger partial charge in [-0.1, -0.05) is 57.2 Å². The summed E-state index contributed by atoms with van der Waals surface area (Å²) in [6, 6.07) is 9.24. The highest BCUT2D eigenvalue weighted by molar-refractivity contribution is 7.87. The number of rotatable bonds is 13. The van der Waals surface area contributed by atoms with Gasteiger partial charge in [0.1, 0.15) is 12.4 Å². The van der Waals surface area contributed by atoms with E-state index in [1.807, 2.05) is 30.3 Å². The van der Waals surface area contributed by atoms with E-state index >= 15 is 0 Å². The molecule has 0 aliphatic rings. The fourth-order valence-electron chi connectivity index (χ4n) is 2.44. The van der Waals surface area contributed by atoms with Crippen molar-refractivity contribution in [2.24, 2.45) is 0 Å². The molecule has 0 aromatic heterocycles. The number of para-hydroxylation sites is 1. The maximum atomic E-state index is 11.7. The molecule has 1 aromatic rings. The summed E-state index contributed by atoms with van der Waals surface area (Å²) in [4.78, 5) is -1.57. The van der Waals surface area contributed by atoms with Gasteiger partial charge in [0.25, 0.3) is 10.1 Å². The largest absolute Gasteiger partial charge is 0.491 e. The van der Waals surface area contributed by atoms with Crippen molar-refractivity contribution in [3.8, 4) is 5.75 Å². The van der Waals surface area contributed by atoms with Gasteiger partial charge in [-0.05, 0) is 31.9 Å². The Hall–Kier alpha value is -1.11. The predicted octanol–water partition coefficient (Wildman–Crippen LogP) is 4.44. The van der Waals surface area contributed by atoms with Crippen molar-refractivity contribution in [3.63, 3.8) is 0 Å². The van der Waals surface area contributed by atoms with E-state index in [4.69, 9.17) is 9.47 Å². The molecule has 1 N–H and O–H groups in total. The molecular weight excluding hydrogens is 328 g/mol. The van der Waals surface area contributed by atoms with Crippen LogP contribution < -0.4 is 4.74 Å². The van der Waals surface area contributed by atoms with Gasteiger partial charge in [0.05, 0.1) is 6.61 Å². The summed E-state index contributed by atoms with van der Waals surface area (Å²) in [6.45, 7) is 3.91. The SMILES string of the molecule is CCCCCCCCC(C)(OCCOc1ccccc1)S(=O)(=O)O. The van der Waals surface area contributed by atoms with Gasteiger partial charge in [-0.25, -0.2) is 0 Å². The quantitative estimate of drug-likeness (QED) is 0.417. The highest BCUT2D eigenvalue weighted by atomic mass is 32.2. The summed E-state index contributed by atoms with van der Waals surface area (Å²) in [5.74, 6) is 0.700. The van der Waals surface area contributed by atoms with Gasteiger partial charge in [-0.2, -0.15) is 8.42 Å². The third-order valence-corrected chi connectivity index (χ3v) is 5.45. The molecule has 0 aliphatic heterocycles. The van der Waals surface area contributed by atoms with E-state index in [1.165, 1.54) is 19.8 Å². The Kier molecular flexibility index (Phi) is 9.33. The van der Waals surface area contributed by atoms with Crippen molar-refractivity contribution in [1.82, 2.24) is 0 Å². The zero-order valence-corrected chi connectivity index (χ0v) is 15.6. The van der Waals surface area contributed by atoms with E-state index in [-0.39, 0.29) is 19.6 Å². The second-order valence-corrected chi connectivity index (χ2v) is 7.95. The Morgan fingerprint density at radius 3 is 2.25 bits per heavy atom. The monoisotopic (exact) mass is 358 g/mol. The summed E-state index contributed by atoms with van der Waals surface area (Å²) in [7, 11) is -4.28. The fraction of sp³-hybridized carbons (Fsp3) is 0.667. The van der Waals surface area contributed by atoms with Gasteiger partial charge >= 0.3 is 0 Å². The molecule has 0 saturated heterocycles. The lowest BCUT2D eigenvalue weighted by Crippen LogP contribution is -2.39. The van der Waals surface area contributed by atoms with Crippen LogP contribution in [-0.2, 0) is 14.9 Å². The molecule has 0 spiro atoms. The normalized spacial score (nSPS) is 14.3. The van der Waals surface area contributed by atoms with Gasteiger partial charge in [0.2, 0.25) is 0 Å². The molecule has 138 valence electrons. The van der Waals surface area contributed by atoms with E-state index in [0.29, 0.717) is 12.2 Å². The molecular formula is C18H30O5S. The smallest absolute Gasteiger partial charge is 0.294 e. The van der Waals surface area contributed by atoms with Crippen molar-refractivity contribution in [3.05, 3.63) is 30.3 Å². The molecule has 1 aromatic carbocycles. The van der Waals surface area contributed by atoms with Crippen molar-refractivity contribution in [1.29, 1.82) is 0 Å². The Balaban J connectivity index is 2.38. The van der Waals surface area contributed by atoms with Crippen LogP contribution in [0.1, 0.15) is 58.8 Å². The van der Waals surface area contributed by atoms with Crippen molar-refractivity contribution >= 4 is 10.1 Å². The molecule has 0 bridgehead atoms. The van der Waals surface area contributed by atoms with E-state index in [0.717, 1.165) is 19.3 Å². The van der Waals surface area contributed by atoms with Gasteiger partial charge in [-0.15, -0.1) is 0 Å². The first kappa shape index (κ1) is 20.9. The lowest BCUT2D eigenvalue weighted by Gasteiger charge is -2.26. The number of ether oxygens (including phenoxy) is 2. The van der Waals surface area contributed by atoms with Crippen LogP contribution in [0.5, 0.6) is 5.75 Å². The minimum Gasteiger partial charge on any atom is -0.491 e. The molecule has 0 heterocycles. The zero-order chi connectivity index (χ0) is 17.9. The Bertz CT molecular complexity index is 544. The van der Waals surface area contributed by atoms with Gasteiger partial charge in [0, 0.05) is 0 Å². The van der Waals surface area contributed by atoms with Crippen LogP contribution in [0.3, 0.4) is 0 Å². The molecule has 6 heteroatoms. The van der Waals surface area contributed by atoms with Crippen LogP contribution in [-0.4, -0.2) is 31.1 Å². The first-order valence-electron chi connectivity index (χ1n) is 8.68. The molecule has 0 saturated carbocycles. The van der Waals surface area contributed by atoms with Crippen LogP contribution in [0.2, 0.25) is 0 Å². The highest BCUT2D eigenvalue weighted by Crippen LogP contribution is 2.25. The van der Waals surface area contributed by atoms with E-state index < -0.39 is 15.1 Å². The first-order valence-corrected chi connectivity index (χ1v) is 10.1. The van der Waals surface area contributed by atoms with Crippen LogP contribution in [0.15, 0.2) is 30.3 Å². The minimum atomic E-state index is -4.28. The molecule has 1 rings (SSSR count). The molecule has 0 amide bonds. The summed E-state index contributed by atoms with van der Waals surface area (Å²) in [5.41, 5.74) is 0. The van der Waals surface area contributed by atoms with Crippen LogP contribution >= 0.6 is 0 Å². The van der Waals surface area contributed by atoms with Gasteiger partial charge in [-0.3, -0.25) is 4.55 Å². The Morgan fingerprint density at radius 1 is 1.00 bits per heavy atom. The molecule has 1 atom stereocenters. The molecule has 5 nitrogen and oxygen atoms in total. The lowest BCUT2D eigenvalue weighted by atomic mass is 10.1. The number of benzene rings is 1. The number of hydrogen-bond acceptors (Lipinski definition) is 4. The molecule has 0 radical (unpaired) electrons. The summed E-state index contributed by atoms with van der Waals surface area (Å²) in [6.07, 6.45) is 6.53. The first-order chi connectivity index (χ1) is 11.4.